The Morgan fingerprint density at radius 1 is 1.50 bits per heavy atom. The smallest absolute Gasteiger partial charge is 0.161 e. The molecule has 2 aromatic heterocycles. The first kappa shape index (κ1) is 13.6. The molecule has 0 spiro atoms. The Morgan fingerprint density at radius 3 is 2.72 bits per heavy atom. The summed E-state index contributed by atoms with van der Waals surface area (Å²) >= 11 is 5.08. The lowest BCUT2D eigenvalue weighted by Crippen LogP contribution is -2.19. The van der Waals surface area contributed by atoms with Crippen molar-refractivity contribution < 1.29 is 4.74 Å². The number of halogens is 1. The number of thiophene rings is 1. The van der Waals surface area contributed by atoms with E-state index in [2.05, 4.69) is 34.9 Å². The Hall–Kier alpha value is -0.850. The maximum atomic E-state index is 6.33. The van der Waals surface area contributed by atoms with Crippen LogP contribution < -0.4 is 10.5 Å². The fourth-order valence-corrected chi connectivity index (χ4v) is 3.08. The molecule has 0 aromatic carbocycles. The van der Waals surface area contributed by atoms with Gasteiger partial charge in [0.05, 0.1) is 23.1 Å². The summed E-state index contributed by atoms with van der Waals surface area (Å²) in [5, 5.41) is 6.39. The molecule has 0 radical (unpaired) electrons. The molecular weight excluding hydrogens is 314 g/mol. The fourth-order valence-electron chi connectivity index (χ4n) is 1.86. The van der Waals surface area contributed by atoms with Gasteiger partial charge in [-0.25, -0.2) is 0 Å². The second-order valence-electron chi connectivity index (χ2n) is 4.30. The number of nitrogens with two attached hydrogens (primary N) is 1. The minimum absolute atomic E-state index is 0.229. The number of hydrogen-bond acceptors (Lipinski definition) is 4. The summed E-state index contributed by atoms with van der Waals surface area (Å²) in [6.07, 6.45) is 1.72. The predicted octanol–water partition coefficient (Wildman–Crippen LogP) is 3.34. The van der Waals surface area contributed by atoms with Crippen molar-refractivity contribution in [2.75, 3.05) is 7.11 Å². The molecule has 0 aliphatic rings. The molecule has 0 fully saturated rings. The number of nitrogens with zero attached hydrogens (tertiary/aromatic N) is 2. The van der Waals surface area contributed by atoms with Gasteiger partial charge in [-0.2, -0.15) is 5.10 Å². The lowest BCUT2D eigenvalue weighted by Gasteiger charge is -2.17. The molecular formula is C12H16BrN3OS. The molecule has 2 rings (SSSR count). The summed E-state index contributed by atoms with van der Waals surface area (Å²) in [7, 11) is 1.64. The Morgan fingerprint density at radius 2 is 2.22 bits per heavy atom. The van der Waals surface area contributed by atoms with Crippen molar-refractivity contribution in [2.45, 2.75) is 25.9 Å². The van der Waals surface area contributed by atoms with Crippen molar-refractivity contribution in [1.29, 1.82) is 0 Å². The monoisotopic (exact) mass is 329 g/mol. The zero-order valence-electron chi connectivity index (χ0n) is 10.6. The van der Waals surface area contributed by atoms with E-state index in [9.17, 15) is 0 Å². The van der Waals surface area contributed by atoms with Crippen molar-refractivity contribution in [2.24, 2.45) is 5.73 Å². The molecule has 0 amide bonds. The SMILES string of the molecule is COc1cnn(C(C)C)c1C(N)c1csc(Br)c1. The van der Waals surface area contributed by atoms with Crippen LogP contribution in [0, 0.1) is 0 Å². The standard InChI is InChI=1S/C12H16BrN3OS/c1-7(2)16-12(9(17-3)5-15-16)11(14)8-4-10(13)18-6-8/h4-7,11H,14H2,1-3H3. The van der Waals surface area contributed by atoms with Gasteiger partial charge in [-0.1, -0.05) is 0 Å². The largest absolute Gasteiger partial charge is 0.493 e. The first-order valence-corrected chi connectivity index (χ1v) is 7.32. The highest BCUT2D eigenvalue weighted by Crippen LogP contribution is 2.33. The Balaban J connectivity index is 2.45. The van der Waals surface area contributed by atoms with Gasteiger partial charge in [-0.15, -0.1) is 11.3 Å². The summed E-state index contributed by atoms with van der Waals surface area (Å²) < 4.78 is 8.34. The molecule has 0 saturated heterocycles. The highest BCUT2D eigenvalue weighted by molar-refractivity contribution is 9.11. The van der Waals surface area contributed by atoms with E-state index in [0.29, 0.717) is 0 Å². The van der Waals surface area contributed by atoms with E-state index >= 15 is 0 Å². The van der Waals surface area contributed by atoms with Crippen LogP contribution >= 0.6 is 27.3 Å². The zero-order chi connectivity index (χ0) is 13.3. The third-order valence-electron chi connectivity index (χ3n) is 2.75. The first-order valence-electron chi connectivity index (χ1n) is 5.65. The molecule has 18 heavy (non-hydrogen) atoms. The van der Waals surface area contributed by atoms with Crippen LogP contribution in [0.3, 0.4) is 0 Å². The van der Waals surface area contributed by atoms with Gasteiger partial charge in [0.2, 0.25) is 0 Å². The summed E-state index contributed by atoms with van der Waals surface area (Å²) in [5.74, 6) is 0.735. The second-order valence-corrected chi connectivity index (χ2v) is 6.59. The minimum atomic E-state index is -0.229. The van der Waals surface area contributed by atoms with E-state index in [1.54, 1.807) is 24.6 Å². The molecule has 0 saturated carbocycles. The van der Waals surface area contributed by atoms with Gasteiger partial charge in [-0.3, -0.25) is 4.68 Å². The van der Waals surface area contributed by atoms with Crippen LogP contribution in [-0.4, -0.2) is 16.9 Å². The molecule has 1 atom stereocenters. The number of aromatic nitrogens is 2. The maximum Gasteiger partial charge on any atom is 0.161 e. The van der Waals surface area contributed by atoms with Crippen LogP contribution in [0.25, 0.3) is 0 Å². The topological polar surface area (TPSA) is 53.1 Å². The van der Waals surface area contributed by atoms with Gasteiger partial charge in [0.25, 0.3) is 0 Å². The molecule has 6 heteroatoms. The summed E-state index contributed by atoms with van der Waals surface area (Å²) in [5.41, 5.74) is 8.31. The van der Waals surface area contributed by atoms with Gasteiger partial charge in [-0.05, 0) is 46.8 Å². The summed E-state index contributed by atoms with van der Waals surface area (Å²) in [6.45, 7) is 4.15. The van der Waals surface area contributed by atoms with Crippen molar-refractivity contribution in [3.05, 3.63) is 32.7 Å². The third-order valence-corrected chi connectivity index (χ3v) is 4.27. The van der Waals surface area contributed by atoms with Gasteiger partial charge < -0.3 is 10.5 Å². The van der Waals surface area contributed by atoms with Crippen LogP contribution in [0.4, 0.5) is 0 Å². The highest BCUT2D eigenvalue weighted by atomic mass is 79.9. The van der Waals surface area contributed by atoms with E-state index in [4.69, 9.17) is 10.5 Å². The molecule has 2 aromatic rings. The summed E-state index contributed by atoms with van der Waals surface area (Å²) in [6, 6.07) is 2.05. The van der Waals surface area contributed by atoms with E-state index in [0.717, 1.165) is 20.8 Å². The average molecular weight is 330 g/mol. The summed E-state index contributed by atoms with van der Waals surface area (Å²) in [4.78, 5) is 0. The van der Waals surface area contributed by atoms with Crippen molar-refractivity contribution in [3.8, 4) is 5.75 Å². The molecule has 2 N–H and O–H groups in total. The van der Waals surface area contributed by atoms with Crippen molar-refractivity contribution in [3.63, 3.8) is 0 Å². The lowest BCUT2D eigenvalue weighted by molar-refractivity contribution is 0.401. The quantitative estimate of drug-likeness (QED) is 0.935. The Labute approximate surface area is 119 Å². The van der Waals surface area contributed by atoms with E-state index in [1.165, 1.54) is 0 Å². The number of rotatable bonds is 4. The van der Waals surface area contributed by atoms with E-state index < -0.39 is 0 Å². The highest BCUT2D eigenvalue weighted by Gasteiger charge is 2.22. The molecule has 0 aliphatic heterocycles. The third kappa shape index (κ3) is 2.46. The molecule has 98 valence electrons. The zero-order valence-corrected chi connectivity index (χ0v) is 13.0. The molecule has 1 unspecified atom stereocenters. The molecule has 4 nitrogen and oxygen atoms in total. The van der Waals surface area contributed by atoms with Crippen LogP contribution in [0.5, 0.6) is 5.75 Å². The second kappa shape index (κ2) is 5.42. The maximum absolute atomic E-state index is 6.33. The fraction of sp³-hybridized carbons (Fsp3) is 0.417. The Bertz CT molecular complexity index is 535. The van der Waals surface area contributed by atoms with Crippen LogP contribution in [0.2, 0.25) is 0 Å². The molecule has 0 aliphatic carbocycles. The number of methoxy groups -OCH3 is 1. The van der Waals surface area contributed by atoms with E-state index in [1.807, 2.05) is 16.1 Å². The number of ether oxygens (including phenoxy) is 1. The number of hydrogen-bond donors (Lipinski definition) is 1. The molecule has 2 heterocycles. The van der Waals surface area contributed by atoms with Crippen LogP contribution in [0.15, 0.2) is 21.4 Å². The van der Waals surface area contributed by atoms with Crippen LogP contribution in [-0.2, 0) is 0 Å². The normalized spacial score (nSPS) is 13.0. The average Bonchev–Trinajstić information content (AvgIpc) is 2.93. The van der Waals surface area contributed by atoms with Gasteiger partial charge >= 0.3 is 0 Å². The van der Waals surface area contributed by atoms with E-state index in [-0.39, 0.29) is 12.1 Å². The Kier molecular flexibility index (Phi) is 4.09. The first-order chi connectivity index (χ1) is 8.54. The predicted molar refractivity (Wildman–Crippen MR) is 77.2 cm³/mol. The van der Waals surface area contributed by atoms with Gasteiger partial charge in [0.1, 0.15) is 5.69 Å². The lowest BCUT2D eigenvalue weighted by atomic mass is 10.1. The molecule has 0 bridgehead atoms. The minimum Gasteiger partial charge on any atom is -0.493 e. The van der Waals surface area contributed by atoms with Gasteiger partial charge in [0, 0.05) is 6.04 Å². The van der Waals surface area contributed by atoms with Gasteiger partial charge in [0.15, 0.2) is 5.75 Å². The van der Waals surface area contributed by atoms with Crippen LogP contribution in [0.1, 0.15) is 37.2 Å². The van der Waals surface area contributed by atoms with Crippen molar-refractivity contribution in [1.82, 2.24) is 9.78 Å². The van der Waals surface area contributed by atoms with Crippen molar-refractivity contribution >= 4 is 27.3 Å².